The maximum Gasteiger partial charge on any atom is 0.319 e. The third-order valence-electron chi connectivity index (χ3n) is 3.25. The molecule has 0 bridgehead atoms. The fourth-order valence-electron chi connectivity index (χ4n) is 2.00. The number of amides is 2. The summed E-state index contributed by atoms with van der Waals surface area (Å²) in [5, 5.41) is 9.77. The minimum atomic E-state index is -0.195. The van der Waals surface area contributed by atoms with E-state index in [0.717, 1.165) is 12.2 Å². The van der Waals surface area contributed by atoms with Crippen molar-refractivity contribution in [3.63, 3.8) is 0 Å². The van der Waals surface area contributed by atoms with Crippen molar-refractivity contribution in [2.75, 3.05) is 18.5 Å². The number of anilines is 1. The molecule has 124 valence electrons. The molecular formula is C17H24N4O2. The molecule has 2 aromatic rings. The molecule has 1 aromatic carbocycles. The Labute approximate surface area is 136 Å². The zero-order valence-corrected chi connectivity index (χ0v) is 13.7. The lowest BCUT2D eigenvalue weighted by Gasteiger charge is -2.11. The molecule has 0 spiro atoms. The smallest absolute Gasteiger partial charge is 0.319 e. The van der Waals surface area contributed by atoms with Crippen LogP contribution in [0.2, 0.25) is 0 Å². The second-order valence-electron chi connectivity index (χ2n) is 5.71. The van der Waals surface area contributed by atoms with E-state index in [4.69, 9.17) is 4.74 Å². The van der Waals surface area contributed by atoms with E-state index in [1.54, 1.807) is 6.20 Å². The Morgan fingerprint density at radius 3 is 2.96 bits per heavy atom. The van der Waals surface area contributed by atoms with E-state index in [1.807, 2.05) is 41.2 Å². The van der Waals surface area contributed by atoms with Crippen LogP contribution >= 0.6 is 0 Å². The molecule has 0 saturated heterocycles. The molecule has 6 heteroatoms. The second-order valence-corrected chi connectivity index (χ2v) is 5.71. The van der Waals surface area contributed by atoms with Gasteiger partial charge in [-0.2, -0.15) is 5.10 Å². The molecule has 0 aliphatic heterocycles. The molecule has 0 atom stereocenters. The van der Waals surface area contributed by atoms with Crippen molar-refractivity contribution in [2.45, 2.75) is 26.8 Å². The molecule has 0 fully saturated rings. The molecule has 1 aromatic heterocycles. The minimum absolute atomic E-state index is 0.195. The number of aromatic nitrogens is 2. The monoisotopic (exact) mass is 316 g/mol. The van der Waals surface area contributed by atoms with Crippen molar-refractivity contribution < 1.29 is 9.53 Å². The SMILES string of the molecule is CC(C)CCNC(=O)Nc1cccc(OCCn2cccn2)c1. The van der Waals surface area contributed by atoms with Gasteiger partial charge in [-0.15, -0.1) is 0 Å². The number of nitrogens with zero attached hydrogens (tertiary/aromatic N) is 2. The number of hydrogen-bond acceptors (Lipinski definition) is 3. The first kappa shape index (κ1) is 16.9. The van der Waals surface area contributed by atoms with E-state index in [2.05, 4.69) is 29.6 Å². The van der Waals surface area contributed by atoms with Crippen LogP contribution < -0.4 is 15.4 Å². The molecule has 0 radical (unpaired) electrons. The lowest BCUT2D eigenvalue weighted by atomic mass is 10.1. The van der Waals surface area contributed by atoms with Crippen molar-refractivity contribution in [3.05, 3.63) is 42.7 Å². The van der Waals surface area contributed by atoms with Crippen LogP contribution in [0.1, 0.15) is 20.3 Å². The molecule has 6 nitrogen and oxygen atoms in total. The first-order chi connectivity index (χ1) is 11.1. The van der Waals surface area contributed by atoms with Crippen LogP contribution in [0, 0.1) is 5.92 Å². The van der Waals surface area contributed by atoms with Gasteiger partial charge >= 0.3 is 6.03 Å². The fraction of sp³-hybridized carbons (Fsp3) is 0.412. The predicted octanol–water partition coefficient (Wildman–Crippen LogP) is 3.13. The van der Waals surface area contributed by atoms with Gasteiger partial charge in [0.1, 0.15) is 12.4 Å². The zero-order valence-electron chi connectivity index (χ0n) is 13.7. The maximum absolute atomic E-state index is 11.8. The van der Waals surface area contributed by atoms with Crippen LogP contribution in [0.5, 0.6) is 5.75 Å². The summed E-state index contributed by atoms with van der Waals surface area (Å²) in [5.41, 5.74) is 0.712. The first-order valence-electron chi connectivity index (χ1n) is 7.88. The number of carbonyl (C=O) groups is 1. The highest BCUT2D eigenvalue weighted by Crippen LogP contribution is 2.17. The van der Waals surface area contributed by atoms with E-state index in [-0.39, 0.29) is 6.03 Å². The Morgan fingerprint density at radius 2 is 2.22 bits per heavy atom. The third-order valence-corrected chi connectivity index (χ3v) is 3.25. The van der Waals surface area contributed by atoms with Crippen LogP contribution in [0.4, 0.5) is 10.5 Å². The molecule has 1 heterocycles. The summed E-state index contributed by atoms with van der Waals surface area (Å²) < 4.78 is 7.49. The summed E-state index contributed by atoms with van der Waals surface area (Å²) in [7, 11) is 0. The summed E-state index contributed by atoms with van der Waals surface area (Å²) >= 11 is 0. The van der Waals surface area contributed by atoms with Gasteiger partial charge < -0.3 is 15.4 Å². The van der Waals surface area contributed by atoms with Crippen molar-refractivity contribution in [2.24, 2.45) is 5.92 Å². The average molecular weight is 316 g/mol. The Balaban J connectivity index is 1.76. The first-order valence-corrected chi connectivity index (χ1v) is 7.88. The van der Waals surface area contributed by atoms with Crippen LogP contribution in [-0.4, -0.2) is 29.0 Å². The van der Waals surface area contributed by atoms with Crippen molar-refractivity contribution in [3.8, 4) is 5.75 Å². The zero-order chi connectivity index (χ0) is 16.5. The van der Waals surface area contributed by atoms with E-state index in [1.165, 1.54) is 0 Å². The molecule has 2 N–H and O–H groups in total. The second kappa shape index (κ2) is 8.82. The van der Waals surface area contributed by atoms with Gasteiger partial charge in [0, 0.05) is 30.7 Å². The van der Waals surface area contributed by atoms with Crippen molar-refractivity contribution >= 4 is 11.7 Å². The standard InChI is InChI=1S/C17H24N4O2/c1-14(2)7-9-18-17(22)20-15-5-3-6-16(13-15)23-12-11-21-10-4-8-19-21/h3-6,8,10,13-14H,7,9,11-12H2,1-2H3,(H2,18,20,22). The molecule has 2 rings (SSSR count). The molecule has 0 unspecified atom stereocenters. The van der Waals surface area contributed by atoms with E-state index >= 15 is 0 Å². The number of ether oxygens (including phenoxy) is 1. The lowest BCUT2D eigenvalue weighted by Crippen LogP contribution is -2.30. The van der Waals surface area contributed by atoms with E-state index in [0.29, 0.717) is 31.3 Å². The molecule has 2 amide bonds. The minimum Gasteiger partial charge on any atom is -0.492 e. The summed E-state index contributed by atoms with van der Waals surface area (Å²) in [5.74, 6) is 1.29. The Hall–Kier alpha value is -2.50. The van der Waals surface area contributed by atoms with E-state index in [9.17, 15) is 4.79 Å². The highest BCUT2D eigenvalue weighted by atomic mass is 16.5. The average Bonchev–Trinajstić information content (AvgIpc) is 3.00. The fourth-order valence-corrected chi connectivity index (χ4v) is 2.00. The van der Waals surface area contributed by atoms with Crippen LogP contribution in [0.25, 0.3) is 0 Å². The largest absolute Gasteiger partial charge is 0.492 e. The van der Waals surface area contributed by atoms with Gasteiger partial charge in [0.25, 0.3) is 0 Å². The Kier molecular flexibility index (Phi) is 6.47. The van der Waals surface area contributed by atoms with Gasteiger partial charge in [0.05, 0.1) is 6.54 Å². The van der Waals surface area contributed by atoms with Gasteiger partial charge in [0.2, 0.25) is 0 Å². The molecule has 23 heavy (non-hydrogen) atoms. The van der Waals surface area contributed by atoms with Crippen LogP contribution in [0.15, 0.2) is 42.7 Å². The van der Waals surface area contributed by atoms with E-state index < -0.39 is 0 Å². The predicted molar refractivity (Wildman–Crippen MR) is 90.6 cm³/mol. The number of carbonyl (C=O) groups excluding carboxylic acids is 1. The van der Waals surface area contributed by atoms with Crippen molar-refractivity contribution in [1.82, 2.24) is 15.1 Å². The Morgan fingerprint density at radius 1 is 1.35 bits per heavy atom. The number of urea groups is 1. The summed E-state index contributed by atoms with van der Waals surface area (Å²) in [6, 6.07) is 9.05. The summed E-state index contributed by atoms with van der Waals surface area (Å²) in [6.07, 6.45) is 4.59. The van der Waals surface area contributed by atoms with Gasteiger partial charge in [-0.3, -0.25) is 4.68 Å². The van der Waals surface area contributed by atoms with Gasteiger partial charge in [0.15, 0.2) is 0 Å². The molecule has 0 saturated carbocycles. The number of rotatable bonds is 8. The summed E-state index contributed by atoms with van der Waals surface area (Å²) in [4.78, 5) is 11.8. The number of nitrogens with one attached hydrogen (secondary N) is 2. The molecular weight excluding hydrogens is 292 g/mol. The highest BCUT2D eigenvalue weighted by molar-refractivity contribution is 5.89. The van der Waals surface area contributed by atoms with Gasteiger partial charge in [-0.25, -0.2) is 4.79 Å². The highest BCUT2D eigenvalue weighted by Gasteiger charge is 2.03. The number of hydrogen-bond donors (Lipinski definition) is 2. The van der Waals surface area contributed by atoms with Crippen LogP contribution in [0.3, 0.4) is 0 Å². The van der Waals surface area contributed by atoms with Gasteiger partial charge in [-0.05, 0) is 30.5 Å². The topological polar surface area (TPSA) is 68.2 Å². The lowest BCUT2D eigenvalue weighted by molar-refractivity contribution is 0.251. The van der Waals surface area contributed by atoms with Gasteiger partial charge in [-0.1, -0.05) is 19.9 Å². The normalized spacial score (nSPS) is 10.6. The maximum atomic E-state index is 11.8. The van der Waals surface area contributed by atoms with Crippen molar-refractivity contribution in [1.29, 1.82) is 0 Å². The molecule has 0 aliphatic carbocycles. The Bertz CT molecular complexity index is 596. The van der Waals surface area contributed by atoms with Crippen LogP contribution in [-0.2, 0) is 6.54 Å². The number of benzene rings is 1. The quantitative estimate of drug-likeness (QED) is 0.786. The summed E-state index contributed by atoms with van der Waals surface area (Å²) in [6.45, 7) is 6.13. The molecule has 0 aliphatic rings. The third kappa shape index (κ3) is 6.42.